The van der Waals surface area contributed by atoms with Gasteiger partial charge in [0.2, 0.25) is 0 Å². The van der Waals surface area contributed by atoms with Crippen molar-refractivity contribution in [3.05, 3.63) is 0 Å². The van der Waals surface area contributed by atoms with Gasteiger partial charge in [0.15, 0.2) is 0 Å². The number of halogens is 1. The lowest BCUT2D eigenvalue weighted by Crippen LogP contribution is -2.51. The first-order valence-corrected chi connectivity index (χ1v) is 2.97. The number of hydrogen-bond acceptors (Lipinski definition) is 3. The summed E-state index contributed by atoms with van der Waals surface area (Å²) in [6, 6.07) is 0. The highest BCUT2D eigenvalue weighted by molar-refractivity contribution is 5.85. The molecule has 0 aromatic rings. The molecule has 1 amide bonds. The maximum Gasteiger partial charge on any atom is 0.137 e. The minimum absolute atomic E-state index is 0. The average Bonchev–Trinajstić information content (AvgIpc) is 1.90. The Bertz CT molecular complexity index is 114. The largest absolute Gasteiger partial charge is 0.530 e. The number of carbonyl (C=O) groups excluding carboxylic acids is 1. The van der Waals surface area contributed by atoms with Crippen LogP contribution in [0.3, 0.4) is 0 Å². The molecule has 0 atom stereocenters. The summed E-state index contributed by atoms with van der Waals surface area (Å²) in [6.07, 6.45) is -1.06. The Morgan fingerprint density at radius 2 is 1.90 bits per heavy atom. The molecule has 1 saturated heterocycles. The van der Waals surface area contributed by atoms with Gasteiger partial charge in [0.25, 0.3) is 0 Å². The van der Waals surface area contributed by atoms with Crippen molar-refractivity contribution < 1.29 is 9.90 Å². The number of carbonyl (C=O) groups is 1. The summed E-state index contributed by atoms with van der Waals surface area (Å²) >= 11 is 0. The lowest BCUT2D eigenvalue weighted by molar-refractivity contribution is -0.266. The zero-order chi connectivity index (χ0) is 6.69. The summed E-state index contributed by atoms with van der Waals surface area (Å²) in [5.41, 5.74) is 0. The molecular formula is C5H10ClN2O2-. The first-order chi connectivity index (χ1) is 4.30. The molecule has 4 nitrogen and oxygen atoms in total. The standard InChI is InChI=1S/C5H10N2O2.ClH/c8-5(9)7-3-1-6-2-4-7;/h6H,1-4H2,(H,8,9);1H/p-1. The zero-order valence-corrected chi connectivity index (χ0v) is 6.32. The fourth-order valence-electron chi connectivity index (χ4n) is 0.847. The maximum atomic E-state index is 10.1. The number of hydrogen-bond donors (Lipinski definition) is 1. The Morgan fingerprint density at radius 3 is 2.20 bits per heavy atom. The Hall–Kier alpha value is -0.480. The normalized spacial score (nSPS) is 17.8. The molecule has 0 aromatic heterocycles. The predicted octanol–water partition coefficient (Wildman–Crippen LogP) is -1.34. The van der Waals surface area contributed by atoms with Crippen molar-refractivity contribution in [2.45, 2.75) is 0 Å². The Kier molecular flexibility index (Phi) is 4.14. The van der Waals surface area contributed by atoms with E-state index in [4.69, 9.17) is 0 Å². The minimum Gasteiger partial charge on any atom is -0.530 e. The fraction of sp³-hybridized carbons (Fsp3) is 0.800. The van der Waals surface area contributed by atoms with Crippen molar-refractivity contribution in [1.29, 1.82) is 0 Å². The molecule has 0 aliphatic carbocycles. The van der Waals surface area contributed by atoms with Crippen LogP contribution in [0.5, 0.6) is 0 Å². The average molecular weight is 166 g/mol. The molecule has 60 valence electrons. The van der Waals surface area contributed by atoms with Crippen molar-refractivity contribution in [3.63, 3.8) is 0 Å². The number of amides is 1. The van der Waals surface area contributed by atoms with E-state index in [1.807, 2.05) is 0 Å². The first kappa shape index (κ1) is 9.52. The smallest absolute Gasteiger partial charge is 0.137 e. The second-order valence-corrected chi connectivity index (χ2v) is 2.00. The zero-order valence-electron chi connectivity index (χ0n) is 5.50. The highest BCUT2D eigenvalue weighted by atomic mass is 35.5. The third-order valence-corrected chi connectivity index (χ3v) is 1.38. The lowest BCUT2D eigenvalue weighted by atomic mass is 10.4. The van der Waals surface area contributed by atoms with E-state index >= 15 is 0 Å². The first-order valence-electron chi connectivity index (χ1n) is 2.97. The van der Waals surface area contributed by atoms with E-state index in [9.17, 15) is 9.90 Å². The molecule has 10 heavy (non-hydrogen) atoms. The number of carboxylic acid groups (broad SMARTS) is 1. The molecule has 1 aliphatic rings. The van der Waals surface area contributed by atoms with Crippen LogP contribution in [0.25, 0.3) is 0 Å². The van der Waals surface area contributed by atoms with Gasteiger partial charge in [0, 0.05) is 26.2 Å². The molecular weight excluding hydrogens is 156 g/mol. The monoisotopic (exact) mass is 165 g/mol. The third-order valence-electron chi connectivity index (χ3n) is 1.38. The Morgan fingerprint density at radius 1 is 1.40 bits per heavy atom. The van der Waals surface area contributed by atoms with Gasteiger partial charge in [-0.25, -0.2) is 0 Å². The van der Waals surface area contributed by atoms with Gasteiger partial charge in [-0.2, -0.15) is 0 Å². The van der Waals surface area contributed by atoms with E-state index in [1.54, 1.807) is 0 Å². The molecule has 1 fully saturated rings. The summed E-state index contributed by atoms with van der Waals surface area (Å²) in [5, 5.41) is 13.2. The van der Waals surface area contributed by atoms with E-state index in [0.29, 0.717) is 13.1 Å². The molecule has 0 radical (unpaired) electrons. The van der Waals surface area contributed by atoms with E-state index < -0.39 is 6.09 Å². The van der Waals surface area contributed by atoms with Crippen LogP contribution in [0.1, 0.15) is 0 Å². The van der Waals surface area contributed by atoms with Crippen LogP contribution in [0.4, 0.5) is 4.79 Å². The van der Waals surface area contributed by atoms with E-state index in [2.05, 4.69) is 5.32 Å². The number of nitrogens with zero attached hydrogens (tertiary/aromatic N) is 1. The van der Waals surface area contributed by atoms with Gasteiger partial charge in [0.1, 0.15) is 6.09 Å². The van der Waals surface area contributed by atoms with Crippen LogP contribution in [0, 0.1) is 0 Å². The second kappa shape index (κ2) is 4.35. The Labute approximate surface area is 65.6 Å². The highest BCUT2D eigenvalue weighted by Crippen LogP contribution is 1.88. The van der Waals surface area contributed by atoms with E-state index in [1.165, 1.54) is 4.90 Å². The second-order valence-electron chi connectivity index (χ2n) is 2.00. The van der Waals surface area contributed by atoms with Gasteiger partial charge in [-0.3, -0.25) is 0 Å². The van der Waals surface area contributed by atoms with Gasteiger partial charge < -0.3 is 20.1 Å². The quantitative estimate of drug-likeness (QED) is 0.483. The van der Waals surface area contributed by atoms with Crippen LogP contribution in [0.15, 0.2) is 0 Å². The van der Waals surface area contributed by atoms with Gasteiger partial charge in [-0.05, 0) is 0 Å². The van der Waals surface area contributed by atoms with E-state index in [0.717, 1.165) is 13.1 Å². The minimum atomic E-state index is -1.06. The molecule has 0 spiro atoms. The molecule has 0 bridgehead atoms. The van der Waals surface area contributed by atoms with Crippen molar-refractivity contribution >= 4 is 18.5 Å². The molecule has 1 aliphatic heterocycles. The summed E-state index contributed by atoms with van der Waals surface area (Å²) in [7, 11) is 0. The summed E-state index contributed by atoms with van der Waals surface area (Å²) < 4.78 is 0. The van der Waals surface area contributed by atoms with Crippen molar-refractivity contribution in [3.8, 4) is 0 Å². The van der Waals surface area contributed by atoms with Crippen LogP contribution in [-0.2, 0) is 0 Å². The van der Waals surface area contributed by atoms with Gasteiger partial charge in [-0.1, -0.05) is 0 Å². The number of nitrogens with one attached hydrogen (secondary N) is 1. The topological polar surface area (TPSA) is 55.4 Å². The molecule has 0 unspecified atom stereocenters. The summed E-state index contributed by atoms with van der Waals surface area (Å²) in [6.45, 7) is 2.60. The maximum absolute atomic E-state index is 10.1. The molecule has 1 heterocycles. The Balaban J connectivity index is 0.000000810. The predicted molar refractivity (Wildman–Crippen MR) is 37.1 cm³/mol. The highest BCUT2D eigenvalue weighted by Gasteiger charge is 2.06. The third kappa shape index (κ3) is 2.41. The van der Waals surface area contributed by atoms with Crippen molar-refractivity contribution in [2.75, 3.05) is 26.2 Å². The van der Waals surface area contributed by atoms with Crippen molar-refractivity contribution in [1.82, 2.24) is 10.2 Å². The van der Waals surface area contributed by atoms with E-state index in [-0.39, 0.29) is 12.4 Å². The van der Waals surface area contributed by atoms with Gasteiger partial charge in [-0.15, -0.1) is 12.4 Å². The SMILES string of the molecule is Cl.O=C([O-])N1CCNCC1. The fourth-order valence-corrected chi connectivity index (χ4v) is 0.847. The van der Waals surface area contributed by atoms with Crippen LogP contribution >= 0.6 is 12.4 Å². The molecule has 1 rings (SSSR count). The molecule has 0 saturated carbocycles. The van der Waals surface area contributed by atoms with Gasteiger partial charge >= 0.3 is 0 Å². The van der Waals surface area contributed by atoms with Crippen LogP contribution in [0.2, 0.25) is 0 Å². The molecule has 5 heteroatoms. The number of piperazine rings is 1. The lowest BCUT2D eigenvalue weighted by Gasteiger charge is -2.29. The summed E-state index contributed by atoms with van der Waals surface area (Å²) in [4.78, 5) is 11.4. The number of rotatable bonds is 0. The van der Waals surface area contributed by atoms with Crippen LogP contribution in [-0.4, -0.2) is 37.2 Å². The van der Waals surface area contributed by atoms with Gasteiger partial charge in [0.05, 0.1) is 0 Å². The summed E-state index contributed by atoms with van der Waals surface area (Å²) in [5.74, 6) is 0. The van der Waals surface area contributed by atoms with Crippen molar-refractivity contribution in [2.24, 2.45) is 0 Å². The molecule has 1 N–H and O–H groups in total. The molecule has 0 aromatic carbocycles. The van der Waals surface area contributed by atoms with Crippen LogP contribution < -0.4 is 10.4 Å².